The summed E-state index contributed by atoms with van der Waals surface area (Å²) in [6, 6.07) is 3.56. The highest BCUT2D eigenvalue weighted by Gasteiger charge is 2.15. The van der Waals surface area contributed by atoms with Crippen LogP contribution in [0.3, 0.4) is 0 Å². The second kappa shape index (κ2) is 5.98. The molecule has 1 amide bonds. The van der Waals surface area contributed by atoms with Crippen LogP contribution in [0.1, 0.15) is 24.2 Å². The standard InChI is InChI=1S/C12H14FNO3/c1-3-14-12(16)8(2)17-11-5-4-10(13)6-9(11)7-15/h4-8H,3H2,1-2H3,(H,14,16). The van der Waals surface area contributed by atoms with Gasteiger partial charge in [-0.05, 0) is 32.0 Å². The third kappa shape index (κ3) is 3.55. The minimum absolute atomic E-state index is 0.0844. The zero-order chi connectivity index (χ0) is 12.8. The van der Waals surface area contributed by atoms with Crippen LogP contribution >= 0.6 is 0 Å². The number of hydrogen-bond acceptors (Lipinski definition) is 3. The molecule has 0 bridgehead atoms. The Bertz CT molecular complexity index is 420. The molecule has 1 unspecified atom stereocenters. The second-order valence-corrected chi connectivity index (χ2v) is 3.45. The van der Waals surface area contributed by atoms with Crippen molar-refractivity contribution in [1.29, 1.82) is 0 Å². The summed E-state index contributed by atoms with van der Waals surface area (Å²) in [5, 5.41) is 2.59. The average Bonchev–Trinajstić information content (AvgIpc) is 2.31. The lowest BCUT2D eigenvalue weighted by atomic mass is 10.2. The number of halogens is 1. The maximum absolute atomic E-state index is 12.9. The Morgan fingerprint density at radius 2 is 2.29 bits per heavy atom. The summed E-state index contributed by atoms with van der Waals surface area (Å²) >= 11 is 0. The Labute approximate surface area is 98.8 Å². The molecule has 0 aromatic heterocycles. The van der Waals surface area contributed by atoms with Crippen LogP contribution in [0.15, 0.2) is 18.2 Å². The molecule has 0 aliphatic carbocycles. The molecule has 0 saturated heterocycles. The first kappa shape index (κ1) is 13.2. The lowest BCUT2D eigenvalue weighted by Gasteiger charge is -2.15. The first-order valence-corrected chi connectivity index (χ1v) is 5.27. The van der Waals surface area contributed by atoms with Crippen molar-refractivity contribution in [1.82, 2.24) is 5.32 Å². The molecule has 0 heterocycles. The van der Waals surface area contributed by atoms with E-state index in [0.717, 1.165) is 6.07 Å². The summed E-state index contributed by atoms with van der Waals surface area (Å²) in [4.78, 5) is 22.1. The van der Waals surface area contributed by atoms with Crippen molar-refractivity contribution in [3.05, 3.63) is 29.6 Å². The third-order valence-electron chi connectivity index (χ3n) is 2.12. The molecule has 92 valence electrons. The van der Waals surface area contributed by atoms with E-state index in [1.165, 1.54) is 12.1 Å². The number of hydrogen-bond donors (Lipinski definition) is 1. The largest absolute Gasteiger partial charge is 0.480 e. The van der Waals surface area contributed by atoms with E-state index in [2.05, 4.69) is 5.32 Å². The number of carbonyl (C=O) groups is 2. The predicted octanol–water partition coefficient (Wildman–Crippen LogP) is 1.54. The molecule has 1 aromatic rings. The molecule has 17 heavy (non-hydrogen) atoms. The van der Waals surface area contributed by atoms with E-state index in [9.17, 15) is 14.0 Å². The van der Waals surface area contributed by atoms with Gasteiger partial charge in [-0.25, -0.2) is 4.39 Å². The summed E-state index contributed by atoms with van der Waals surface area (Å²) < 4.78 is 18.2. The molecule has 5 heteroatoms. The first-order chi connectivity index (χ1) is 8.08. The fraction of sp³-hybridized carbons (Fsp3) is 0.333. The number of rotatable bonds is 5. The number of carbonyl (C=O) groups excluding carboxylic acids is 2. The quantitative estimate of drug-likeness (QED) is 0.793. The number of amides is 1. The van der Waals surface area contributed by atoms with Gasteiger partial charge in [0.25, 0.3) is 5.91 Å². The van der Waals surface area contributed by atoms with Crippen molar-refractivity contribution in [2.75, 3.05) is 6.54 Å². The Hall–Kier alpha value is -1.91. The van der Waals surface area contributed by atoms with Gasteiger partial charge in [0.2, 0.25) is 0 Å². The smallest absolute Gasteiger partial charge is 0.260 e. The first-order valence-electron chi connectivity index (χ1n) is 5.27. The average molecular weight is 239 g/mol. The van der Waals surface area contributed by atoms with Crippen molar-refractivity contribution in [3.63, 3.8) is 0 Å². The normalized spacial score (nSPS) is 11.7. The van der Waals surface area contributed by atoms with Crippen LogP contribution in [0, 0.1) is 5.82 Å². The number of ether oxygens (including phenoxy) is 1. The molecule has 0 spiro atoms. The Morgan fingerprint density at radius 3 is 2.88 bits per heavy atom. The molecule has 1 atom stereocenters. The van der Waals surface area contributed by atoms with Crippen molar-refractivity contribution >= 4 is 12.2 Å². The number of aldehydes is 1. The SMILES string of the molecule is CCNC(=O)C(C)Oc1ccc(F)cc1C=O. The van der Waals surface area contributed by atoms with Crippen LogP contribution in [0.2, 0.25) is 0 Å². The van der Waals surface area contributed by atoms with Gasteiger partial charge in [0, 0.05) is 6.54 Å². The van der Waals surface area contributed by atoms with Crippen LogP contribution in [-0.2, 0) is 4.79 Å². The molecular formula is C12H14FNO3. The summed E-state index contributed by atoms with van der Waals surface area (Å²) in [6.07, 6.45) is -0.248. The van der Waals surface area contributed by atoms with Crippen LogP contribution in [0.5, 0.6) is 5.75 Å². The van der Waals surface area contributed by atoms with E-state index in [4.69, 9.17) is 4.74 Å². The van der Waals surface area contributed by atoms with Crippen LogP contribution in [0.4, 0.5) is 4.39 Å². The van der Waals surface area contributed by atoms with Gasteiger partial charge in [-0.15, -0.1) is 0 Å². The highest BCUT2D eigenvalue weighted by atomic mass is 19.1. The summed E-state index contributed by atoms with van der Waals surface area (Å²) in [5.74, 6) is -0.612. The molecule has 0 fully saturated rings. The molecule has 0 aliphatic heterocycles. The van der Waals surface area contributed by atoms with Gasteiger partial charge in [-0.1, -0.05) is 0 Å². The highest BCUT2D eigenvalue weighted by molar-refractivity contribution is 5.82. The van der Waals surface area contributed by atoms with Gasteiger partial charge < -0.3 is 10.1 Å². The second-order valence-electron chi connectivity index (χ2n) is 3.45. The Kier molecular flexibility index (Phi) is 4.63. The van der Waals surface area contributed by atoms with Crippen molar-refractivity contribution in [2.45, 2.75) is 20.0 Å². The van der Waals surface area contributed by atoms with E-state index < -0.39 is 11.9 Å². The van der Waals surface area contributed by atoms with Gasteiger partial charge in [-0.3, -0.25) is 9.59 Å². The monoisotopic (exact) mass is 239 g/mol. The van der Waals surface area contributed by atoms with Gasteiger partial charge in [0.05, 0.1) is 5.56 Å². The maximum Gasteiger partial charge on any atom is 0.260 e. The van der Waals surface area contributed by atoms with E-state index in [1.54, 1.807) is 13.8 Å². The van der Waals surface area contributed by atoms with Crippen LogP contribution in [0.25, 0.3) is 0 Å². The van der Waals surface area contributed by atoms with Crippen LogP contribution in [-0.4, -0.2) is 24.8 Å². The lowest BCUT2D eigenvalue weighted by molar-refractivity contribution is -0.127. The zero-order valence-electron chi connectivity index (χ0n) is 9.70. The van der Waals surface area contributed by atoms with Crippen LogP contribution < -0.4 is 10.1 Å². The topological polar surface area (TPSA) is 55.4 Å². The molecule has 0 aliphatic rings. The third-order valence-corrected chi connectivity index (χ3v) is 2.12. The van der Waals surface area contributed by atoms with Gasteiger partial charge in [-0.2, -0.15) is 0 Å². The number of benzene rings is 1. The van der Waals surface area contributed by atoms with E-state index >= 15 is 0 Å². The van der Waals surface area contributed by atoms with Crippen molar-refractivity contribution in [3.8, 4) is 5.75 Å². The van der Waals surface area contributed by atoms with Gasteiger partial charge >= 0.3 is 0 Å². The number of likely N-dealkylation sites (N-methyl/N-ethyl adjacent to an activating group) is 1. The van der Waals surface area contributed by atoms with Gasteiger partial charge in [0.1, 0.15) is 11.6 Å². The number of nitrogens with one attached hydrogen (secondary N) is 1. The summed E-state index contributed by atoms with van der Waals surface area (Å²) in [5.41, 5.74) is 0.0844. The predicted molar refractivity (Wildman–Crippen MR) is 60.6 cm³/mol. The van der Waals surface area contributed by atoms with E-state index in [0.29, 0.717) is 12.8 Å². The molecular weight excluding hydrogens is 225 g/mol. The molecule has 0 saturated carbocycles. The van der Waals surface area contributed by atoms with E-state index in [1.807, 2.05) is 0 Å². The molecule has 4 nitrogen and oxygen atoms in total. The maximum atomic E-state index is 12.9. The minimum atomic E-state index is -0.737. The highest BCUT2D eigenvalue weighted by Crippen LogP contribution is 2.19. The van der Waals surface area contributed by atoms with Gasteiger partial charge in [0.15, 0.2) is 12.4 Å². The lowest BCUT2D eigenvalue weighted by Crippen LogP contribution is -2.36. The molecule has 1 aromatic carbocycles. The van der Waals surface area contributed by atoms with Crippen molar-refractivity contribution < 1.29 is 18.7 Å². The fourth-order valence-electron chi connectivity index (χ4n) is 1.28. The van der Waals surface area contributed by atoms with E-state index in [-0.39, 0.29) is 17.2 Å². The summed E-state index contributed by atoms with van der Waals surface area (Å²) in [6.45, 7) is 3.85. The molecule has 1 rings (SSSR count). The fourth-order valence-corrected chi connectivity index (χ4v) is 1.28. The summed E-state index contributed by atoms with van der Waals surface area (Å²) in [7, 11) is 0. The molecule has 1 N–H and O–H groups in total. The zero-order valence-corrected chi connectivity index (χ0v) is 9.70. The minimum Gasteiger partial charge on any atom is -0.480 e. The Morgan fingerprint density at radius 1 is 1.59 bits per heavy atom. The van der Waals surface area contributed by atoms with Crippen molar-refractivity contribution in [2.24, 2.45) is 0 Å². The Balaban J connectivity index is 2.80. The molecule has 0 radical (unpaired) electrons.